The highest BCUT2D eigenvalue weighted by Gasteiger charge is 2.43. The molecule has 0 spiro atoms. The molecule has 1 aromatic carbocycles. The quantitative estimate of drug-likeness (QED) is 0.834. The van der Waals surface area contributed by atoms with Crippen LogP contribution in [0.3, 0.4) is 0 Å². The van der Waals surface area contributed by atoms with E-state index in [0.717, 1.165) is 44.2 Å². The standard InChI is InChI=1S/C25H31N3O2/c1-17-8-2-5-12-20(17)26-25(30)24-22-14-7-15-27(22)16-23(29)28(24)21-13-6-10-18-9-3-4-11-19(18)21/h3-4,7,9,11,14-15,17,20-21,24H,2,5-6,8,10,12-13,16H2,1H3,(H,26,30). The van der Waals surface area contributed by atoms with Gasteiger partial charge in [0.2, 0.25) is 11.8 Å². The number of nitrogens with one attached hydrogen (secondary N) is 1. The first kappa shape index (κ1) is 19.4. The van der Waals surface area contributed by atoms with Crippen molar-refractivity contribution in [2.24, 2.45) is 5.92 Å². The van der Waals surface area contributed by atoms with Crippen molar-refractivity contribution in [3.63, 3.8) is 0 Å². The van der Waals surface area contributed by atoms with E-state index in [4.69, 9.17) is 0 Å². The number of fused-ring (bicyclic) bond motifs is 2. The van der Waals surface area contributed by atoms with Gasteiger partial charge in [-0.05, 0) is 61.3 Å². The van der Waals surface area contributed by atoms with Gasteiger partial charge in [-0.3, -0.25) is 9.59 Å². The van der Waals surface area contributed by atoms with E-state index in [2.05, 4.69) is 30.4 Å². The number of amides is 2. The fourth-order valence-corrected chi connectivity index (χ4v) is 5.76. The number of hydrogen-bond acceptors (Lipinski definition) is 2. The summed E-state index contributed by atoms with van der Waals surface area (Å²) in [6.07, 6.45) is 9.50. The number of carbonyl (C=O) groups is 2. The van der Waals surface area contributed by atoms with E-state index in [1.54, 1.807) is 0 Å². The first-order chi connectivity index (χ1) is 14.6. The molecule has 5 nitrogen and oxygen atoms in total. The molecule has 4 unspecified atom stereocenters. The Bertz CT molecular complexity index is 949. The zero-order valence-corrected chi connectivity index (χ0v) is 17.7. The van der Waals surface area contributed by atoms with Gasteiger partial charge in [-0.1, -0.05) is 44.0 Å². The Labute approximate surface area is 178 Å². The predicted octanol–water partition coefficient (Wildman–Crippen LogP) is 4.14. The highest BCUT2D eigenvalue weighted by atomic mass is 16.2. The van der Waals surface area contributed by atoms with E-state index >= 15 is 0 Å². The molecule has 30 heavy (non-hydrogen) atoms. The fourth-order valence-electron chi connectivity index (χ4n) is 5.76. The predicted molar refractivity (Wildman–Crippen MR) is 116 cm³/mol. The normalized spacial score (nSPS) is 28.6. The SMILES string of the molecule is CC1CCCCC1NC(=O)C1c2cccn2CC(=O)N1C1CCCc2ccccc21. The van der Waals surface area contributed by atoms with E-state index in [9.17, 15) is 9.59 Å². The Kier molecular flexibility index (Phi) is 5.13. The van der Waals surface area contributed by atoms with Crippen LogP contribution in [0.5, 0.6) is 0 Å². The van der Waals surface area contributed by atoms with Crippen molar-refractivity contribution in [1.29, 1.82) is 0 Å². The van der Waals surface area contributed by atoms with E-state index in [-0.39, 0.29) is 23.9 Å². The molecule has 5 heteroatoms. The van der Waals surface area contributed by atoms with Gasteiger partial charge in [-0.15, -0.1) is 0 Å². The summed E-state index contributed by atoms with van der Waals surface area (Å²) in [5, 5.41) is 3.34. The van der Waals surface area contributed by atoms with Crippen LogP contribution in [0.2, 0.25) is 0 Å². The Morgan fingerprint density at radius 2 is 1.87 bits per heavy atom. The minimum absolute atomic E-state index is 0.0233. The molecule has 2 aromatic rings. The van der Waals surface area contributed by atoms with Crippen LogP contribution in [0.1, 0.15) is 74.4 Å². The van der Waals surface area contributed by atoms with Crippen LogP contribution >= 0.6 is 0 Å². The lowest BCUT2D eigenvalue weighted by atomic mass is 9.84. The summed E-state index contributed by atoms with van der Waals surface area (Å²) in [4.78, 5) is 28.9. The van der Waals surface area contributed by atoms with Crippen LogP contribution in [0.25, 0.3) is 0 Å². The topological polar surface area (TPSA) is 54.3 Å². The molecular weight excluding hydrogens is 374 g/mol. The molecule has 0 saturated heterocycles. The van der Waals surface area contributed by atoms with Gasteiger partial charge in [0.05, 0.1) is 11.7 Å². The van der Waals surface area contributed by atoms with Crippen molar-refractivity contribution in [3.8, 4) is 0 Å². The van der Waals surface area contributed by atoms with Gasteiger partial charge in [0.1, 0.15) is 6.54 Å². The second-order valence-electron chi connectivity index (χ2n) is 9.25. The number of aryl methyl sites for hydroxylation is 1. The molecule has 0 radical (unpaired) electrons. The molecule has 0 bridgehead atoms. The summed E-state index contributed by atoms with van der Waals surface area (Å²) >= 11 is 0. The highest BCUT2D eigenvalue weighted by Crippen LogP contribution is 2.41. The van der Waals surface area contributed by atoms with E-state index < -0.39 is 6.04 Å². The number of nitrogens with zero attached hydrogens (tertiary/aromatic N) is 2. The van der Waals surface area contributed by atoms with Crippen molar-refractivity contribution < 1.29 is 9.59 Å². The van der Waals surface area contributed by atoms with Crippen LogP contribution in [0.15, 0.2) is 42.6 Å². The summed E-state index contributed by atoms with van der Waals surface area (Å²) in [5.74, 6) is 0.500. The van der Waals surface area contributed by atoms with Crippen LogP contribution in [-0.4, -0.2) is 27.3 Å². The van der Waals surface area contributed by atoms with Gasteiger partial charge in [0.25, 0.3) is 0 Å². The fraction of sp³-hybridized carbons (Fsp3) is 0.520. The summed E-state index contributed by atoms with van der Waals surface area (Å²) < 4.78 is 1.95. The largest absolute Gasteiger partial charge is 0.351 e. The maximum atomic E-state index is 13.7. The maximum absolute atomic E-state index is 13.7. The van der Waals surface area contributed by atoms with Crippen LogP contribution in [-0.2, 0) is 22.6 Å². The van der Waals surface area contributed by atoms with Crippen molar-refractivity contribution in [1.82, 2.24) is 14.8 Å². The number of aromatic nitrogens is 1. The van der Waals surface area contributed by atoms with Crippen molar-refractivity contribution >= 4 is 11.8 Å². The number of benzene rings is 1. The Balaban J connectivity index is 1.51. The minimum Gasteiger partial charge on any atom is -0.351 e. The summed E-state index contributed by atoms with van der Waals surface area (Å²) in [6.45, 7) is 2.54. The Hall–Kier alpha value is -2.56. The molecule has 158 valence electrons. The van der Waals surface area contributed by atoms with E-state index in [0.29, 0.717) is 12.5 Å². The molecule has 3 aliphatic rings. The average Bonchev–Trinajstić information content (AvgIpc) is 3.22. The number of hydrogen-bond donors (Lipinski definition) is 1. The smallest absolute Gasteiger partial charge is 0.249 e. The third-order valence-corrected chi connectivity index (χ3v) is 7.38. The third-order valence-electron chi connectivity index (χ3n) is 7.38. The van der Waals surface area contributed by atoms with Gasteiger partial charge in [-0.2, -0.15) is 0 Å². The van der Waals surface area contributed by atoms with Crippen molar-refractivity contribution in [3.05, 3.63) is 59.4 Å². The Morgan fingerprint density at radius 3 is 2.73 bits per heavy atom. The highest BCUT2D eigenvalue weighted by molar-refractivity contribution is 5.90. The van der Waals surface area contributed by atoms with Gasteiger partial charge in [0.15, 0.2) is 6.04 Å². The first-order valence-electron chi connectivity index (χ1n) is 11.5. The minimum atomic E-state index is -0.563. The second kappa shape index (κ2) is 7.93. The lowest BCUT2D eigenvalue weighted by Gasteiger charge is -2.44. The van der Waals surface area contributed by atoms with Crippen molar-refractivity contribution in [2.75, 3.05) is 0 Å². The molecule has 1 aliphatic heterocycles. The summed E-state index contributed by atoms with van der Waals surface area (Å²) in [7, 11) is 0. The zero-order valence-electron chi connectivity index (χ0n) is 17.7. The van der Waals surface area contributed by atoms with Gasteiger partial charge < -0.3 is 14.8 Å². The molecular formula is C25H31N3O2. The molecule has 2 aliphatic carbocycles. The molecule has 1 aromatic heterocycles. The Morgan fingerprint density at radius 1 is 1.03 bits per heavy atom. The lowest BCUT2D eigenvalue weighted by molar-refractivity contribution is -0.147. The zero-order chi connectivity index (χ0) is 20.7. The van der Waals surface area contributed by atoms with Gasteiger partial charge in [0, 0.05) is 12.2 Å². The molecule has 1 saturated carbocycles. The third kappa shape index (κ3) is 3.34. The molecule has 5 rings (SSSR count). The van der Waals surface area contributed by atoms with Gasteiger partial charge >= 0.3 is 0 Å². The van der Waals surface area contributed by atoms with E-state index in [1.807, 2.05) is 33.9 Å². The monoisotopic (exact) mass is 405 g/mol. The summed E-state index contributed by atoms with van der Waals surface area (Å²) in [6, 6.07) is 12.0. The van der Waals surface area contributed by atoms with E-state index in [1.165, 1.54) is 17.5 Å². The van der Waals surface area contributed by atoms with Gasteiger partial charge in [-0.25, -0.2) is 0 Å². The molecule has 4 atom stereocenters. The second-order valence-corrected chi connectivity index (χ2v) is 9.25. The molecule has 1 N–H and O–H groups in total. The number of carbonyl (C=O) groups excluding carboxylic acids is 2. The molecule has 2 amide bonds. The van der Waals surface area contributed by atoms with Crippen LogP contribution < -0.4 is 5.32 Å². The molecule has 1 fully saturated rings. The van der Waals surface area contributed by atoms with Crippen LogP contribution in [0, 0.1) is 5.92 Å². The summed E-state index contributed by atoms with van der Waals surface area (Å²) in [5.41, 5.74) is 3.45. The number of rotatable bonds is 3. The van der Waals surface area contributed by atoms with Crippen LogP contribution in [0.4, 0.5) is 0 Å². The maximum Gasteiger partial charge on any atom is 0.249 e. The van der Waals surface area contributed by atoms with Crippen molar-refractivity contribution in [2.45, 2.75) is 76.5 Å². The molecule has 2 heterocycles. The average molecular weight is 406 g/mol. The lowest BCUT2D eigenvalue weighted by Crippen LogP contribution is -2.53. The first-order valence-corrected chi connectivity index (χ1v) is 11.5.